The van der Waals surface area contributed by atoms with Gasteiger partial charge in [-0.05, 0) is 25.1 Å². The second-order valence-corrected chi connectivity index (χ2v) is 10.8. The van der Waals surface area contributed by atoms with Gasteiger partial charge in [0.2, 0.25) is 0 Å². The second-order valence-electron chi connectivity index (χ2n) is 7.78. The molecule has 1 aliphatic rings. The van der Waals surface area contributed by atoms with E-state index >= 15 is 0 Å². The van der Waals surface area contributed by atoms with Gasteiger partial charge in [-0.3, -0.25) is 9.36 Å². The maximum absolute atomic E-state index is 13.7. The van der Waals surface area contributed by atoms with Crippen molar-refractivity contribution in [1.29, 1.82) is 0 Å². The minimum atomic E-state index is -0.267. The minimum Gasteiger partial charge on any atom is -0.337 e. The second kappa shape index (κ2) is 8.93. The highest BCUT2D eigenvalue weighted by atomic mass is 32.2. The lowest BCUT2D eigenvalue weighted by atomic mass is 10.1. The van der Waals surface area contributed by atoms with Crippen molar-refractivity contribution in [2.24, 2.45) is 0 Å². The molecule has 1 atom stereocenters. The molecule has 1 aliphatic heterocycles. The molecular formula is C25H23FN3OS3+. The number of anilines is 1. The first-order valence-corrected chi connectivity index (χ1v) is 13.2. The van der Waals surface area contributed by atoms with E-state index in [1.54, 1.807) is 17.4 Å². The molecular weight excluding hydrogens is 473 g/mol. The Morgan fingerprint density at radius 2 is 1.97 bits per heavy atom. The Labute approximate surface area is 203 Å². The van der Waals surface area contributed by atoms with Crippen LogP contribution >= 0.6 is 34.4 Å². The molecule has 0 saturated carbocycles. The lowest BCUT2D eigenvalue weighted by Crippen LogP contribution is -2.39. The van der Waals surface area contributed by atoms with Gasteiger partial charge in [-0.1, -0.05) is 53.4 Å². The maximum atomic E-state index is 13.7. The fourth-order valence-corrected chi connectivity index (χ4v) is 7.43. The smallest absolute Gasteiger partial charge is 0.271 e. The average Bonchev–Trinajstić information content (AvgIpc) is 3.50. The van der Waals surface area contributed by atoms with Gasteiger partial charge in [0, 0.05) is 31.0 Å². The van der Waals surface area contributed by atoms with Gasteiger partial charge in [0.1, 0.15) is 20.0 Å². The summed E-state index contributed by atoms with van der Waals surface area (Å²) in [4.78, 5) is 16.2. The molecule has 8 heteroatoms. The summed E-state index contributed by atoms with van der Waals surface area (Å²) in [6, 6.07) is 15.3. The molecule has 0 saturated heterocycles. The Hall–Kier alpha value is -2.68. The van der Waals surface area contributed by atoms with E-state index in [9.17, 15) is 9.18 Å². The van der Waals surface area contributed by atoms with Crippen molar-refractivity contribution in [3.8, 4) is 0 Å². The van der Waals surface area contributed by atoms with Crippen LogP contribution in [0.3, 0.4) is 0 Å². The van der Waals surface area contributed by atoms with E-state index < -0.39 is 0 Å². The third-order valence-electron chi connectivity index (χ3n) is 5.83. The van der Waals surface area contributed by atoms with Gasteiger partial charge in [-0.15, -0.1) is 11.3 Å². The number of aromatic nitrogens is 2. The zero-order valence-corrected chi connectivity index (χ0v) is 20.9. The number of hydrogen-bond donors (Lipinski definition) is 0. The van der Waals surface area contributed by atoms with Crippen LogP contribution in [0.25, 0.3) is 11.1 Å². The Morgan fingerprint density at radius 1 is 1.18 bits per heavy atom. The number of thiazole rings is 2. The normalized spacial score (nSPS) is 16.4. The van der Waals surface area contributed by atoms with Crippen LogP contribution in [0, 0.1) is 5.82 Å². The molecule has 0 radical (unpaired) electrons. The Kier molecular flexibility index (Phi) is 5.99. The first-order chi connectivity index (χ1) is 16.0. The molecule has 4 aromatic rings. The molecule has 168 valence electrons. The van der Waals surface area contributed by atoms with Gasteiger partial charge in [-0.2, -0.15) is 4.57 Å². The molecule has 0 fully saturated rings. The van der Waals surface area contributed by atoms with Crippen molar-refractivity contribution in [1.82, 2.24) is 4.57 Å². The first kappa shape index (κ1) is 22.1. The predicted molar refractivity (Wildman–Crippen MR) is 136 cm³/mol. The van der Waals surface area contributed by atoms with Crippen LogP contribution < -0.4 is 24.2 Å². The summed E-state index contributed by atoms with van der Waals surface area (Å²) in [6.07, 6.45) is 4.20. The van der Waals surface area contributed by atoms with Gasteiger partial charge < -0.3 is 4.90 Å². The summed E-state index contributed by atoms with van der Waals surface area (Å²) >= 11 is 4.61. The van der Waals surface area contributed by atoms with Crippen molar-refractivity contribution >= 4 is 51.2 Å². The van der Waals surface area contributed by atoms with E-state index in [4.69, 9.17) is 0 Å². The van der Waals surface area contributed by atoms with Gasteiger partial charge in [0.15, 0.2) is 12.2 Å². The van der Waals surface area contributed by atoms with Crippen molar-refractivity contribution in [2.45, 2.75) is 31.3 Å². The van der Waals surface area contributed by atoms with Gasteiger partial charge in [0.25, 0.3) is 10.6 Å². The summed E-state index contributed by atoms with van der Waals surface area (Å²) in [7, 11) is 1.93. The van der Waals surface area contributed by atoms with E-state index in [2.05, 4.69) is 53.4 Å². The number of rotatable bonds is 4. The molecule has 0 amide bonds. The minimum absolute atomic E-state index is 0.00408. The standard InChI is InChI=1S/C25H23FN3OS3/c1-4-28-22(15-21-29(12-13-31-21)16(2)17-8-6-5-7-9-17)33-23(24(28)30)25-27(3)19-11-10-18(26)14-20(19)32-25/h5-16H,4H2,1-3H3/q+1/b25-23+/t16-/m0/s1. The fraction of sp³-hybridized carbons (Fsp3) is 0.200. The van der Waals surface area contributed by atoms with E-state index in [0.717, 1.165) is 25.3 Å². The zero-order valence-electron chi connectivity index (χ0n) is 18.5. The summed E-state index contributed by atoms with van der Waals surface area (Å²) in [5, 5.41) is 4.02. The van der Waals surface area contributed by atoms with E-state index in [1.165, 1.54) is 40.8 Å². The summed E-state index contributed by atoms with van der Waals surface area (Å²) in [5.41, 5.74) is 2.15. The molecule has 4 nitrogen and oxygen atoms in total. The average molecular weight is 497 g/mol. The molecule has 5 rings (SSSR count). The number of fused-ring (bicyclic) bond motifs is 1. The van der Waals surface area contributed by atoms with Crippen LogP contribution in [0.15, 0.2) is 69.8 Å². The van der Waals surface area contributed by atoms with Crippen LogP contribution in [0.2, 0.25) is 0 Å². The summed E-state index contributed by atoms with van der Waals surface area (Å²) in [6.45, 7) is 4.76. The Bertz CT molecular complexity index is 1500. The monoisotopic (exact) mass is 496 g/mol. The van der Waals surface area contributed by atoms with Crippen molar-refractivity contribution in [3.63, 3.8) is 0 Å². The molecule has 0 aliphatic carbocycles. The molecule has 2 aromatic carbocycles. The van der Waals surface area contributed by atoms with Crippen LogP contribution in [0.5, 0.6) is 0 Å². The van der Waals surface area contributed by atoms with Gasteiger partial charge in [-0.25, -0.2) is 4.39 Å². The highest BCUT2D eigenvalue weighted by Crippen LogP contribution is 2.45. The van der Waals surface area contributed by atoms with Gasteiger partial charge >= 0.3 is 0 Å². The Balaban J connectivity index is 1.63. The molecule has 33 heavy (non-hydrogen) atoms. The van der Waals surface area contributed by atoms with E-state index in [0.29, 0.717) is 11.1 Å². The summed E-state index contributed by atoms with van der Waals surface area (Å²) < 4.78 is 19.4. The van der Waals surface area contributed by atoms with Crippen molar-refractivity contribution in [3.05, 3.63) is 96.0 Å². The number of thioether (sulfide) groups is 1. The zero-order chi connectivity index (χ0) is 23.1. The largest absolute Gasteiger partial charge is 0.337 e. The molecule has 0 bridgehead atoms. The number of nitrogens with zero attached hydrogens (tertiary/aromatic N) is 3. The van der Waals surface area contributed by atoms with E-state index in [-0.39, 0.29) is 17.4 Å². The van der Waals surface area contributed by atoms with Gasteiger partial charge in [0.05, 0.1) is 17.1 Å². The SMILES string of the molecule is CCn1c(=O)/c(=C2\Sc3cc(F)ccc3N2C)s/c1=C\c1scc[n+]1[C@@H](C)c1ccccc1. The summed E-state index contributed by atoms with van der Waals surface area (Å²) in [5.74, 6) is -0.267. The van der Waals surface area contributed by atoms with Crippen LogP contribution in [-0.2, 0) is 6.54 Å². The third-order valence-corrected chi connectivity index (χ3v) is 9.12. The maximum Gasteiger partial charge on any atom is 0.271 e. The number of benzene rings is 2. The van der Waals surface area contributed by atoms with Crippen molar-refractivity contribution in [2.75, 3.05) is 11.9 Å². The molecule has 0 unspecified atom stereocenters. The lowest BCUT2D eigenvalue weighted by molar-refractivity contribution is -0.707. The van der Waals surface area contributed by atoms with Crippen LogP contribution in [-0.4, -0.2) is 11.6 Å². The quantitative estimate of drug-likeness (QED) is 0.397. The highest BCUT2D eigenvalue weighted by molar-refractivity contribution is 8.08. The van der Waals surface area contributed by atoms with Crippen molar-refractivity contribution < 1.29 is 8.96 Å². The number of hydrogen-bond acceptors (Lipinski definition) is 5. The molecule has 0 spiro atoms. The molecule has 3 heterocycles. The molecule has 2 aromatic heterocycles. The van der Waals surface area contributed by atoms with Crippen LogP contribution in [0.4, 0.5) is 10.1 Å². The first-order valence-electron chi connectivity index (χ1n) is 10.7. The fourth-order valence-electron chi connectivity index (χ4n) is 4.02. The Morgan fingerprint density at radius 3 is 2.73 bits per heavy atom. The third kappa shape index (κ3) is 3.96. The molecule has 0 N–H and O–H groups in total. The number of halogens is 1. The van der Waals surface area contributed by atoms with Crippen LogP contribution in [0.1, 0.15) is 30.5 Å². The topological polar surface area (TPSA) is 29.1 Å². The predicted octanol–water partition coefficient (Wildman–Crippen LogP) is 4.16. The van der Waals surface area contributed by atoms with E-state index in [1.807, 2.05) is 29.5 Å². The lowest BCUT2D eigenvalue weighted by Gasteiger charge is -2.12. The highest BCUT2D eigenvalue weighted by Gasteiger charge is 2.26.